The summed E-state index contributed by atoms with van der Waals surface area (Å²) in [5, 5.41) is 1.43. The molecule has 0 saturated carbocycles. The van der Waals surface area contributed by atoms with Gasteiger partial charge in [0, 0.05) is 29.9 Å². The van der Waals surface area contributed by atoms with E-state index in [1.54, 1.807) is 0 Å². The van der Waals surface area contributed by atoms with Crippen LogP contribution in [0.15, 0.2) is 55.1 Å². The minimum atomic E-state index is -1.92. The molecule has 0 amide bonds. The molecule has 1 atom stereocenters. The molecule has 0 radical (unpaired) electrons. The monoisotopic (exact) mass is 417 g/mol. The molecule has 2 nitrogen and oxygen atoms in total. The van der Waals surface area contributed by atoms with Gasteiger partial charge >= 0.3 is 0 Å². The highest BCUT2D eigenvalue weighted by Gasteiger charge is 2.41. The first-order valence-electron chi connectivity index (χ1n) is 11.3. The maximum atomic E-state index is 6.23. The van der Waals surface area contributed by atoms with Gasteiger partial charge in [-0.1, -0.05) is 73.8 Å². The highest BCUT2D eigenvalue weighted by molar-refractivity contribution is 6.92. The number of rotatable bonds is 6. The van der Waals surface area contributed by atoms with E-state index in [1.807, 2.05) is 6.08 Å². The summed E-state index contributed by atoms with van der Waals surface area (Å²) in [6, 6.07) is 13.7. The molecular weight excluding hydrogens is 382 g/mol. The van der Waals surface area contributed by atoms with Gasteiger partial charge in [-0.3, -0.25) is 0 Å². The minimum absolute atomic E-state index is 0.456. The number of piperidine rings is 1. The molecule has 1 aliphatic heterocycles. The Balaban J connectivity index is 1.81. The van der Waals surface area contributed by atoms with Gasteiger partial charge < -0.3 is 9.64 Å². The molecule has 1 unspecified atom stereocenters. The topological polar surface area (TPSA) is 12.5 Å². The summed E-state index contributed by atoms with van der Waals surface area (Å²) in [6.07, 6.45) is 8.42. The number of fused-ring (bicyclic) bond motifs is 1. The number of nitrogens with zero attached hydrogens (tertiary/aromatic N) is 1. The summed E-state index contributed by atoms with van der Waals surface area (Å²) in [4.78, 5) is 2.63. The smallest absolute Gasteiger partial charge is 0.121 e. The SMILES string of the molecule is C=CCOc1c(C)cc(C)cc1[Si](C)(C)C1C=C(N2CCCCC2)c2ccccc21. The number of likely N-dealkylation sites (tertiary alicyclic amines) is 1. The third-order valence-corrected chi connectivity index (χ3v) is 10.6. The summed E-state index contributed by atoms with van der Waals surface area (Å²) in [7, 11) is -1.92. The maximum Gasteiger partial charge on any atom is 0.121 e. The van der Waals surface area contributed by atoms with E-state index in [9.17, 15) is 0 Å². The third kappa shape index (κ3) is 3.76. The lowest BCUT2D eigenvalue weighted by atomic mass is 10.1. The van der Waals surface area contributed by atoms with E-state index in [0.29, 0.717) is 12.1 Å². The van der Waals surface area contributed by atoms with Crippen LogP contribution in [-0.2, 0) is 0 Å². The van der Waals surface area contributed by atoms with Crippen LogP contribution in [0.1, 0.15) is 47.1 Å². The predicted octanol–water partition coefficient (Wildman–Crippen LogP) is 5.95. The molecule has 1 saturated heterocycles. The number of hydrogen-bond donors (Lipinski definition) is 0. The summed E-state index contributed by atoms with van der Waals surface area (Å²) < 4.78 is 6.23. The molecule has 0 bridgehead atoms. The van der Waals surface area contributed by atoms with Crippen molar-refractivity contribution in [2.75, 3.05) is 19.7 Å². The van der Waals surface area contributed by atoms with E-state index in [0.717, 1.165) is 5.75 Å². The molecule has 2 aliphatic rings. The van der Waals surface area contributed by atoms with Crippen LogP contribution in [0.2, 0.25) is 13.1 Å². The Morgan fingerprint density at radius 3 is 2.57 bits per heavy atom. The summed E-state index contributed by atoms with van der Waals surface area (Å²) in [5.74, 6) is 1.08. The second kappa shape index (κ2) is 8.47. The zero-order chi connectivity index (χ0) is 21.3. The van der Waals surface area contributed by atoms with Gasteiger partial charge in [-0.05, 0) is 49.4 Å². The summed E-state index contributed by atoms with van der Waals surface area (Å²) in [5.41, 5.74) is 7.43. The van der Waals surface area contributed by atoms with Crippen molar-refractivity contribution in [1.82, 2.24) is 4.90 Å². The van der Waals surface area contributed by atoms with Gasteiger partial charge in [0.15, 0.2) is 0 Å². The van der Waals surface area contributed by atoms with Crippen LogP contribution >= 0.6 is 0 Å². The number of aryl methyl sites for hydroxylation is 2. The Labute approximate surface area is 183 Å². The minimum Gasteiger partial charge on any atom is -0.489 e. The van der Waals surface area contributed by atoms with Crippen molar-refractivity contribution in [2.45, 2.75) is 51.7 Å². The Morgan fingerprint density at radius 1 is 1.10 bits per heavy atom. The molecule has 30 heavy (non-hydrogen) atoms. The zero-order valence-electron chi connectivity index (χ0n) is 19.0. The number of allylic oxidation sites excluding steroid dienone is 1. The van der Waals surface area contributed by atoms with Crippen molar-refractivity contribution < 1.29 is 4.74 Å². The van der Waals surface area contributed by atoms with Crippen molar-refractivity contribution >= 4 is 19.0 Å². The molecule has 3 heteroatoms. The van der Waals surface area contributed by atoms with Crippen molar-refractivity contribution in [3.8, 4) is 5.75 Å². The fourth-order valence-electron chi connectivity index (χ4n) is 5.28. The summed E-state index contributed by atoms with van der Waals surface area (Å²) >= 11 is 0. The average Bonchev–Trinajstić information content (AvgIpc) is 3.14. The molecule has 158 valence electrons. The molecule has 2 aromatic carbocycles. The van der Waals surface area contributed by atoms with E-state index in [4.69, 9.17) is 4.74 Å². The van der Waals surface area contributed by atoms with Crippen LogP contribution in [0.5, 0.6) is 5.75 Å². The van der Waals surface area contributed by atoms with Crippen molar-refractivity contribution in [3.63, 3.8) is 0 Å². The molecule has 0 aromatic heterocycles. The molecular formula is C27H35NOSi. The van der Waals surface area contributed by atoms with Crippen LogP contribution < -0.4 is 9.92 Å². The van der Waals surface area contributed by atoms with Crippen LogP contribution in [-0.4, -0.2) is 32.7 Å². The largest absolute Gasteiger partial charge is 0.489 e. The van der Waals surface area contributed by atoms with Crippen LogP contribution in [0.25, 0.3) is 5.70 Å². The number of ether oxygens (including phenoxy) is 1. The van der Waals surface area contributed by atoms with Gasteiger partial charge in [0.2, 0.25) is 0 Å². The lowest BCUT2D eigenvalue weighted by Gasteiger charge is -2.32. The summed E-state index contributed by atoms with van der Waals surface area (Å²) in [6.45, 7) is 16.2. The molecule has 1 aliphatic carbocycles. The average molecular weight is 418 g/mol. The standard InChI is InChI=1S/C27H35NOSi/c1-6-16-29-27-21(3)17-20(2)18-26(27)30(4,5)25-19-24(28-14-10-7-11-15-28)22-12-8-9-13-23(22)25/h6,8-9,12-13,17-19,25H,1,7,10-11,14-16H2,2-5H3. The fourth-order valence-corrected chi connectivity index (χ4v) is 8.67. The highest BCUT2D eigenvalue weighted by Crippen LogP contribution is 2.44. The number of hydrogen-bond acceptors (Lipinski definition) is 2. The van der Waals surface area contributed by atoms with E-state index in [2.05, 4.69) is 80.9 Å². The van der Waals surface area contributed by atoms with Gasteiger partial charge in [0.05, 0.1) is 8.07 Å². The quantitative estimate of drug-likeness (QED) is 0.425. The Bertz CT molecular complexity index is 969. The van der Waals surface area contributed by atoms with Gasteiger partial charge in [-0.25, -0.2) is 0 Å². The molecule has 4 rings (SSSR count). The van der Waals surface area contributed by atoms with Crippen molar-refractivity contribution in [2.24, 2.45) is 0 Å². The molecule has 1 heterocycles. The van der Waals surface area contributed by atoms with E-state index in [1.165, 1.54) is 65.5 Å². The maximum absolute atomic E-state index is 6.23. The first-order chi connectivity index (χ1) is 14.4. The van der Waals surface area contributed by atoms with Crippen molar-refractivity contribution in [1.29, 1.82) is 0 Å². The lowest BCUT2D eigenvalue weighted by molar-refractivity contribution is 0.326. The van der Waals surface area contributed by atoms with E-state index < -0.39 is 8.07 Å². The van der Waals surface area contributed by atoms with E-state index >= 15 is 0 Å². The molecule has 2 aromatic rings. The predicted molar refractivity (Wildman–Crippen MR) is 131 cm³/mol. The van der Waals surface area contributed by atoms with Gasteiger partial charge in [0.1, 0.15) is 12.4 Å². The third-order valence-electron chi connectivity index (χ3n) is 6.83. The Kier molecular flexibility index (Phi) is 5.92. The first-order valence-corrected chi connectivity index (χ1v) is 14.4. The molecule has 0 N–H and O–H groups in total. The molecule has 1 fully saturated rings. The Morgan fingerprint density at radius 2 is 1.83 bits per heavy atom. The first kappa shape index (κ1) is 21.0. The van der Waals surface area contributed by atoms with E-state index in [-0.39, 0.29) is 0 Å². The van der Waals surface area contributed by atoms with Crippen LogP contribution in [0, 0.1) is 13.8 Å². The normalized spacial score (nSPS) is 18.7. The van der Waals surface area contributed by atoms with Gasteiger partial charge in [0.25, 0.3) is 0 Å². The van der Waals surface area contributed by atoms with Crippen LogP contribution in [0.4, 0.5) is 0 Å². The molecule has 0 spiro atoms. The highest BCUT2D eigenvalue weighted by atomic mass is 28.3. The Hall–Kier alpha value is -2.26. The zero-order valence-corrected chi connectivity index (χ0v) is 20.0. The van der Waals surface area contributed by atoms with Gasteiger partial charge in [-0.15, -0.1) is 0 Å². The lowest BCUT2D eigenvalue weighted by Crippen LogP contribution is -2.48. The van der Waals surface area contributed by atoms with Gasteiger partial charge in [-0.2, -0.15) is 0 Å². The van der Waals surface area contributed by atoms with Crippen LogP contribution in [0.3, 0.4) is 0 Å². The second-order valence-corrected chi connectivity index (χ2v) is 14.0. The second-order valence-electron chi connectivity index (χ2n) is 9.44. The number of benzene rings is 2. The fraction of sp³-hybridized carbons (Fsp3) is 0.407. The van der Waals surface area contributed by atoms with Crippen molar-refractivity contribution in [3.05, 3.63) is 77.4 Å².